The van der Waals surface area contributed by atoms with E-state index < -0.39 is 0 Å². The Kier molecular flexibility index (Phi) is 12.0. The van der Waals surface area contributed by atoms with Crippen LogP contribution in [0.3, 0.4) is 0 Å². The molecule has 8 nitrogen and oxygen atoms in total. The first-order valence-corrected chi connectivity index (χ1v) is 10.8. The predicted octanol–water partition coefficient (Wildman–Crippen LogP) is 2.67. The number of hydrogen-bond donors (Lipinski definition) is 2. The Labute approximate surface area is 196 Å². The zero-order valence-electron chi connectivity index (χ0n) is 17.9. The summed E-state index contributed by atoms with van der Waals surface area (Å²) in [5, 5.41) is 15.2. The van der Waals surface area contributed by atoms with E-state index in [9.17, 15) is 0 Å². The second-order valence-electron chi connectivity index (χ2n) is 7.32. The van der Waals surface area contributed by atoms with Crippen LogP contribution in [0.25, 0.3) is 5.65 Å². The minimum Gasteiger partial charge on any atom is -0.381 e. The molecule has 3 heterocycles. The molecule has 168 valence electrons. The molecular weight excluding hydrogens is 495 g/mol. The zero-order chi connectivity index (χ0) is 20.2. The summed E-state index contributed by atoms with van der Waals surface area (Å²) < 4.78 is 13.2. The molecule has 0 saturated carbocycles. The number of aliphatic imine (C=N–C) groups is 1. The Bertz CT molecular complexity index is 748. The van der Waals surface area contributed by atoms with Gasteiger partial charge in [-0.2, -0.15) is 0 Å². The van der Waals surface area contributed by atoms with Gasteiger partial charge in [-0.05, 0) is 50.7 Å². The Morgan fingerprint density at radius 2 is 2.10 bits per heavy atom. The molecule has 2 aromatic heterocycles. The van der Waals surface area contributed by atoms with E-state index in [0.717, 1.165) is 95.6 Å². The van der Waals surface area contributed by atoms with E-state index in [1.165, 1.54) is 0 Å². The molecule has 30 heavy (non-hydrogen) atoms. The van der Waals surface area contributed by atoms with Gasteiger partial charge in [0, 0.05) is 58.7 Å². The van der Waals surface area contributed by atoms with E-state index in [0.29, 0.717) is 5.92 Å². The van der Waals surface area contributed by atoms with Crippen molar-refractivity contribution in [2.24, 2.45) is 10.9 Å². The number of guanidine groups is 1. The van der Waals surface area contributed by atoms with Gasteiger partial charge in [0.2, 0.25) is 0 Å². The molecule has 0 spiro atoms. The third-order valence-electron chi connectivity index (χ3n) is 5.01. The predicted molar refractivity (Wildman–Crippen MR) is 130 cm³/mol. The first-order valence-electron chi connectivity index (χ1n) is 10.8. The van der Waals surface area contributed by atoms with Crippen molar-refractivity contribution in [3.8, 4) is 0 Å². The lowest BCUT2D eigenvalue weighted by Gasteiger charge is -2.21. The monoisotopic (exact) mass is 530 g/mol. The van der Waals surface area contributed by atoms with Gasteiger partial charge in [0.05, 0.1) is 0 Å². The van der Waals surface area contributed by atoms with Crippen molar-refractivity contribution in [3.05, 3.63) is 30.2 Å². The summed E-state index contributed by atoms with van der Waals surface area (Å²) in [6, 6.07) is 5.94. The largest absolute Gasteiger partial charge is 0.381 e. The highest BCUT2D eigenvalue weighted by atomic mass is 127. The van der Waals surface area contributed by atoms with E-state index in [2.05, 4.69) is 32.7 Å². The molecule has 0 bridgehead atoms. The van der Waals surface area contributed by atoms with E-state index >= 15 is 0 Å². The molecule has 1 aliphatic rings. The van der Waals surface area contributed by atoms with Crippen LogP contribution in [0.2, 0.25) is 0 Å². The van der Waals surface area contributed by atoms with Gasteiger partial charge in [0.15, 0.2) is 11.6 Å². The van der Waals surface area contributed by atoms with Crippen molar-refractivity contribution in [3.63, 3.8) is 0 Å². The van der Waals surface area contributed by atoms with Gasteiger partial charge in [0.25, 0.3) is 0 Å². The number of nitrogens with one attached hydrogen (secondary N) is 2. The average Bonchev–Trinajstić information content (AvgIpc) is 3.17. The molecule has 0 aliphatic carbocycles. The van der Waals surface area contributed by atoms with Gasteiger partial charge in [0.1, 0.15) is 5.82 Å². The molecule has 3 rings (SSSR count). The van der Waals surface area contributed by atoms with Crippen molar-refractivity contribution >= 4 is 35.6 Å². The SMILES string of the molecule is CCNC(=NCCCc1nnc2ccccn12)NCCCOCC1CCOCC1.I. The van der Waals surface area contributed by atoms with Gasteiger partial charge >= 0.3 is 0 Å². The summed E-state index contributed by atoms with van der Waals surface area (Å²) in [4.78, 5) is 4.67. The Morgan fingerprint density at radius 3 is 2.93 bits per heavy atom. The molecule has 0 unspecified atom stereocenters. The first-order chi connectivity index (χ1) is 14.4. The van der Waals surface area contributed by atoms with Crippen molar-refractivity contribution in [2.75, 3.05) is 46.1 Å². The summed E-state index contributed by atoms with van der Waals surface area (Å²) in [6.45, 7) is 7.93. The zero-order valence-corrected chi connectivity index (χ0v) is 20.2. The van der Waals surface area contributed by atoms with Crippen LogP contribution in [-0.2, 0) is 15.9 Å². The molecule has 0 atom stereocenters. The third-order valence-corrected chi connectivity index (χ3v) is 5.01. The summed E-state index contributed by atoms with van der Waals surface area (Å²) in [5.74, 6) is 2.51. The average molecular weight is 530 g/mol. The highest BCUT2D eigenvalue weighted by Crippen LogP contribution is 2.14. The second kappa shape index (κ2) is 14.5. The lowest BCUT2D eigenvalue weighted by molar-refractivity contribution is 0.0203. The lowest BCUT2D eigenvalue weighted by atomic mass is 10.0. The maximum absolute atomic E-state index is 5.82. The molecule has 0 aromatic carbocycles. The minimum atomic E-state index is 0. The molecule has 1 aliphatic heterocycles. The Hall–Kier alpha value is -1.46. The third kappa shape index (κ3) is 8.35. The molecular formula is C21H35IN6O2. The van der Waals surface area contributed by atoms with Gasteiger partial charge in [-0.15, -0.1) is 34.2 Å². The number of nitrogens with zero attached hydrogens (tertiary/aromatic N) is 4. The molecule has 2 N–H and O–H groups in total. The van der Waals surface area contributed by atoms with E-state index in [-0.39, 0.29) is 24.0 Å². The topological polar surface area (TPSA) is 85.1 Å². The van der Waals surface area contributed by atoms with Crippen LogP contribution in [0.5, 0.6) is 0 Å². The molecule has 2 aromatic rings. The number of rotatable bonds is 11. The number of halogens is 1. The van der Waals surface area contributed by atoms with Crippen LogP contribution in [0.1, 0.15) is 38.4 Å². The standard InChI is InChI=1S/C21H34N6O2.HI/c1-2-22-21(24-12-6-14-29-17-18-9-15-28-16-10-18)23-11-5-8-20-26-25-19-7-3-4-13-27(19)20;/h3-4,7,13,18H,2,5-6,8-12,14-17H2,1H3,(H2,22,23,24);1H. The first kappa shape index (κ1) is 24.8. The summed E-state index contributed by atoms with van der Waals surface area (Å²) >= 11 is 0. The van der Waals surface area contributed by atoms with E-state index in [1.807, 2.05) is 28.8 Å². The highest BCUT2D eigenvalue weighted by Gasteiger charge is 2.13. The van der Waals surface area contributed by atoms with Gasteiger partial charge in [-0.25, -0.2) is 0 Å². The minimum absolute atomic E-state index is 0. The number of aromatic nitrogens is 3. The normalized spacial score (nSPS) is 15.2. The number of hydrogen-bond acceptors (Lipinski definition) is 5. The second-order valence-corrected chi connectivity index (χ2v) is 7.32. The Morgan fingerprint density at radius 1 is 1.23 bits per heavy atom. The maximum Gasteiger partial charge on any atom is 0.191 e. The summed E-state index contributed by atoms with van der Waals surface area (Å²) in [5.41, 5.74) is 0.889. The smallest absolute Gasteiger partial charge is 0.191 e. The molecule has 0 amide bonds. The fourth-order valence-electron chi connectivity index (χ4n) is 3.38. The summed E-state index contributed by atoms with van der Waals surface area (Å²) in [7, 11) is 0. The van der Waals surface area contributed by atoms with Gasteiger partial charge in [-0.1, -0.05) is 6.07 Å². The van der Waals surface area contributed by atoms with E-state index in [4.69, 9.17) is 9.47 Å². The van der Waals surface area contributed by atoms with Crippen LogP contribution in [-0.4, -0.2) is 66.6 Å². The van der Waals surface area contributed by atoms with Gasteiger partial charge < -0.3 is 20.1 Å². The number of aryl methyl sites for hydroxylation is 1. The van der Waals surface area contributed by atoms with Crippen LogP contribution in [0, 0.1) is 5.92 Å². The molecule has 0 radical (unpaired) electrons. The van der Waals surface area contributed by atoms with E-state index in [1.54, 1.807) is 0 Å². The van der Waals surface area contributed by atoms with Crippen molar-refractivity contribution < 1.29 is 9.47 Å². The highest BCUT2D eigenvalue weighted by molar-refractivity contribution is 14.0. The Balaban J connectivity index is 0.00000320. The number of fused-ring (bicyclic) bond motifs is 1. The summed E-state index contributed by atoms with van der Waals surface area (Å²) in [6.07, 6.45) is 7.01. The quantitative estimate of drug-likeness (QED) is 0.201. The maximum atomic E-state index is 5.82. The van der Waals surface area contributed by atoms with Crippen LogP contribution in [0.4, 0.5) is 0 Å². The van der Waals surface area contributed by atoms with Crippen LogP contribution >= 0.6 is 24.0 Å². The fraction of sp³-hybridized carbons (Fsp3) is 0.667. The van der Waals surface area contributed by atoms with Crippen LogP contribution < -0.4 is 10.6 Å². The lowest BCUT2D eigenvalue weighted by Crippen LogP contribution is -2.38. The number of ether oxygens (including phenoxy) is 2. The fourth-order valence-corrected chi connectivity index (χ4v) is 3.38. The van der Waals surface area contributed by atoms with Crippen LogP contribution in [0.15, 0.2) is 29.4 Å². The molecule has 1 fully saturated rings. The van der Waals surface area contributed by atoms with Crippen molar-refractivity contribution in [1.29, 1.82) is 0 Å². The van der Waals surface area contributed by atoms with Crippen molar-refractivity contribution in [1.82, 2.24) is 25.2 Å². The number of pyridine rings is 1. The molecule has 9 heteroatoms. The van der Waals surface area contributed by atoms with Crippen molar-refractivity contribution in [2.45, 2.75) is 39.0 Å². The molecule has 1 saturated heterocycles. The van der Waals surface area contributed by atoms with Gasteiger partial charge in [-0.3, -0.25) is 9.39 Å².